The number of esters is 1. The van der Waals surface area contributed by atoms with Gasteiger partial charge in [0.05, 0.1) is 17.7 Å². The van der Waals surface area contributed by atoms with Gasteiger partial charge >= 0.3 is 12.1 Å². The number of nitrogens with zero attached hydrogens (tertiary/aromatic N) is 2. The molecule has 2 rings (SSSR count). The van der Waals surface area contributed by atoms with Crippen molar-refractivity contribution in [3.63, 3.8) is 0 Å². The summed E-state index contributed by atoms with van der Waals surface area (Å²) in [5, 5.41) is 0.414. The second-order valence-electron chi connectivity index (χ2n) is 8.13. The van der Waals surface area contributed by atoms with Crippen molar-refractivity contribution in [2.24, 2.45) is 7.05 Å². The van der Waals surface area contributed by atoms with E-state index in [2.05, 4.69) is 11.6 Å². The number of hydrogen-bond acceptors (Lipinski definition) is 5. The molecule has 0 amide bonds. The zero-order valence-electron chi connectivity index (χ0n) is 19.8. The van der Waals surface area contributed by atoms with Crippen LogP contribution in [-0.4, -0.2) is 27.9 Å². The monoisotopic (exact) mass is 496 g/mol. The average Bonchev–Trinajstić information content (AvgIpc) is 2.78. The largest absolute Gasteiger partial charge is 0.462 e. The Morgan fingerprint density at radius 2 is 1.91 bits per heavy atom. The molecule has 0 spiro atoms. The molecule has 9 heteroatoms. The maximum Gasteiger partial charge on any atom is 0.417 e. The Balaban J connectivity index is 2.14. The summed E-state index contributed by atoms with van der Waals surface area (Å²) in [6.07, 6.45) is 1.31. The van der Waals surface area contributed by atoms with Gasteiger partial charge in [-0.05, 0) is 44.2 Å². The van der Waals surface area contributed by atoms with Gasteiger partial charge in [-0.1, -0.05) is 50.2 Å². The Morgan fingerprint density at radius 1 is 1.18 bits per heavy atom. The van der Waals surface area contributed by atoms with Crippen LogP contribution in [0.2, 0.25) is 0 Å². The lowest BCUT2D eigenvalue weighted by molar-refractivity contribution is -0.139. The highest BCUT2D eigenvalue weighted by Gasteiger charge is 2.34. The molecule has 5 nitrogen and oxygen atoms in total. The van der Waals surface area contributed by atoms with Gasteiger partial charge in [-0.3, -0.25) is 9.36 Å². The number of rotatable bonds is 12. The molecular weight excluding hydrogens is 465 g/mol. The van der Waals surface area contributed by atoms with Gasteiger partial charge in [-0.2, -0.15) is 13.2 Å². The van der Waals surface area contributed by atoms with Crippen molar-refractivity contribution in [1.82, 2.24) is 9.55 Å². The first kappa shape index (κ1) is 27.7. The molecule has 0 saturated carbocycles. The highest BCUT2D eigenvalue weighted by Crippen LogP contribution is 2.37. The molecule has 0 aliphatic heterocycles. The summed E-state index contributed by atoms with van der Waals surface area (Å²) < 4.78 is 47.7. The third-order valence-corrected chi connectivity index (χ3v) is 6.36. The Labute approximate surface area is 202 Å². The van der Waals surface area contributed by atoms with Crippen molar-refractivity contribution in [3.8, 4) is 11.1 Å². The van der Waals surface area contributed by atoms with Crippen molar-refractivity contribution >= 4 is 17.7 Å². The molecule has 0 radical (unpaired) electrons. The number of carbonyl (C=O) groups excluding carboxylic acids is 1. The predicted octanol–water partition coefficient (Wildman–Crippen LogP) is 6.19. The first-order chi connectivity index (χ1) is 16.1. The minimum Gasteiger partial charge on any atom is -0.462 e. The van der Waals surface area contributed by atoms with E-state index < -0.39 is 23.3 Å². The maximum absolute atomic E-state index is 13.8. The minimum atomic E-state index is -4.58. The van der Waals surface area contributed by atoms with Crippen LogP contribution in [0.4, 0.5) is 13.2 Å². The number of benzene rings is 1. The molecule has 0 N–H and O–H groups in total. The van der Waals surface area contributed by atoms with E-state index in [9.17, 15) is 22.8 Å². The zero-order chi connectivity index (χ0) is 25.3. The number of ether oxygens (including phenoxy) is 1. The number of unbranched alkanes of at least 4 members (excludes halogenated alkanes) is 3. The van der Waals surface area contributed by atoms with E-state index in [0.29, 0.717) is 41.3 Å². The van der Waals surface area contributed by atoms with Crippen molar-refractivity contribution in [2.45, 2.75) is 63.7 Å². The van der Waals surface area contributed by atoms with Crippen LogP contribution in [0.5, 0.6) is 0 Å². The molecule has 0 aliphatic carbocycles. The lowest BCUT2D eigenvalue weighted by atomic mass is 9.96. The fourth-order valence-corrected chi connectivity index (χ4v) is 4.23. The number of carbonyl (C=O) groups is 1. The number of thioether (sulfide) groups is 1. The summed E-state index contributed by atoms with van der Waals surface area (Å²) in [5.74, 6) is 0.185. The van der Waals surface area contributed by atoms with Gasteiger partial charge in [0.25, 0.3) is 5.56 Å². The van der Waals surface area contributed by atoms with Gasteiger partial charge in [0.15, 0.2) is 5.16 Å². The third-order valence-electron chi connectivity index (χ3n) is 5.23. The van der Waals surface area contributed by atoms with Crippen LogP contribution in [0.15, 0.2) is 46.5 Å². The van der Waals surface area contributed by atoms with E-state index in [-0.39, 0.29) is 17.7 Å². The summed E-state index contributed by atoms with van der Waals surface area (Å²) in [4.78, 5) is 28.5. The highest BCUT2D eigenvalue weighted by molar-refractivity contribution is 7.99. The minimum absolute atomic E-state index is 0.0778. The molecule has 0 aliphatic rings. The molecule has 1 heterocycles. The van der Waals surface area contributed by atoms with Gasteiger partial charge in [-0.25, -0.2) is 9.78 Å². The standard InChI is InChI=1S/C25H31F3N2O3S/c1-5-6-7-10-18-11-12-19(21(15-18)25(26,27)28)20-16-29-24(30(4)22(20)31)34-14-9-8-13-33-23(32)17(2)3/h11-12,15-16H,2,5-10,13-14H2,1,3-4H3. The van der Waals surface area contributed by atoms with Gasteiger partial charge in [0.1, 0.15) is 0 Å². The average molecular weight is 497 g/mol. The first-order valence-electron chi connectivity index (χ1n) is 11.3. The second-order valence-corrected chi connectivity index (χ2v) is 9.19. The summed E-state index contributed by atoms with van der Waals surface area (Å²) in [5.41, 5.74) is -0.632. The summed E-state index contributed by atoms with van der Waals surface area (Å²) in [6, 6.07) is 4.18. The van der Waals surface area contributed by atoms with Gasteiger partial charge < -0.3 is 4.74 Å². The SMILES string of the molecule is C=C(C)C(=O)OCCCCSc1ncc(-c2ccc(CCCCC)cc2C(F)(F)F)c(=O)n1C. The second kappa shape index (κ2) is 12.8. The molecule has 186 valence electrons. The van der Waals surface area contributed by atoms with Gasteiger partial charge in [0, 0.05) is 30.1 Å². The smallest absolute Gasteiger partial charge is 0.417 e. The molecule has 1 aromatic carbocycles. The van der Waals surface area contributed by atoms with E-state index in [1.54, 1.807) is 13.0 Å². The van der Waals surface area contributed by atoms with Crippen LogP contribution in [0.25, 0.3) is 11.1 Å². The fourth-order valence-electron chi connectivity index (χ4n) is 3.30. The lowest BCUT2D eigenvalue weighted by Crippen LogP contribution is -2.22. The predicted molar refractivity (Wildman–Crippen MR) is 129 cm³/mol. The molecular formula is C25H31F3N2O3S. The van der Waals surface area contributed by atoms with Gasteiger partial charge in [-0.15, -0.1) is 0 Å². The Hall–Kier alpha value is -2.55. The molecule has 0 bridgehead atoms. The van der Waals surface area contributed by atoms with E-state index in [1.807, 2.05) is 6.92 Å². The summed E-state index contributed by atoms with van der Waals surface area (Å²) in [7, 11) is 1.50. The van der Waals surface area contributed by atoms with Crippen LogP contribution in [0, 0.1) is 0 Å². The molecule has 34 heavy (non-hydrogen) atoms. The molecule has 0 atom stereocenters. The number of aryl methyl sites for hydroxylation is 1. The molecule has 0 fully saturated rings. The van der Waals surface area contributed by atoms with E-state index >= 15 is 0 Å². The third kappa shape index (κ3) is 7.75. The van der Waals surface area contributed by atoms with E-state index in [1.165, 1.54) is 35.6 Å². The van der Waals surface area contributed by atoms with Crippen LogP contribution in [-0.2, 0) is 29.2 Å². The highest BCUT2D eigenvalue weighted by atomic mass is 32.2. The van der Waals surface area contributed by atoms with Crippen LogP contribution >= 0.6 is 11.8 Å². The number of hydrogen-bond donors (Lipinski definition) is 0. The Kier molecular flexibility index (Phi) is 10.4. The molecule has 0 saturated heterocycles. The summed E-state index contributed by atoms with van der Waals surface area (Å²) in [6.45, 7) is 7.40. The number of alkyl halides is 3. The zero-order valence-corrected chi connectivity index (χ0v) is 20.7. The van der Waals surface area contributed by atoms with Crippen LogP contribution in [0.1, 0.15) is 57.1 Å². The molecule has 2 aromatic rings. The van der Waals surface area contributed by atoms with E-state index in [0.717, 1.165) is 25.3 Å². The first-order valence-corrected chi connectivity index (χ1v) is 12.3. The summed E-state index contributed by atoms with van der Waals surface area (Å²) >= 11 is 1.33. The molecule has 1 aromatic heterocycles. The van der Waals surface area contributed by atoms with Crippen molar-refractivity contribution in [1.29, 1.82) is 0 Å². The van der Waals surface area contributed by atoms with Gasteiger partial charge in [0.2, 0.25) is 0 Å². The van der Waals surface area contributed by atoms with E-state index in [4.69, 9.17) is 4.74 Å². The van der Waals surface area contributed by atoms with Crippen molar-refractivity contribution in [3.05, 3.63) is 58.0 Å². The fraction of sp³-hybridized carbons (Fsp3) is 0.480. The number of halogens is 3. The maximum atomic E-state index is 13.8. The van der Waals surface area contributed by atoms with Crippen LogP contribution < -0.4 is 5.56 Å². The Bertz CT molecular complexity index is 1060. The van der Waals surface area contributed by atoms with Crippen molar-refractivity contribution in [2.75, 3.05) is 12.4 Å². The van der Waals surface area contributed by atoms with Crippen LogP contribution in [0.3, 0.4) is 0 Å². The lowest BCUT2D eigenvalue weighted by Gasteiger charge is -2.16. The van der Waals surface area contributed by atoms with Crippen molar-refractivity contribution < 1.29 is 22.7 Å². The number of aromatic nitrogens is 2. The topological polar surface area (TPSA) is 61.2 Å². The quantitative estimate of drug-likeness (QED) is 0.115. The molecule has 0 unspecified atom stereocenters. The normalized spacial score (nSPS) is 11.5. The Morgan fingerprint density at radius 3 is 2.56 bits per heavy atom.